The van der Waals surface area contributed by atoms with Crippen molar-refractivity contribution in [3.63, 3.8) is 0 Å². The van der Waals surface area contributed by atoms with Crippen LogP contribution in [0.25, 0.3) is 0 Å². The molecule has 0 aliphatic carbocycles. The molecule has 0 aromatic heterocycles. The first-order valence-electron chi connectivity index (χ1n) is 13.3. The normalized spacial score (nSPS) is 16.4. The number of benzene rings is 4. The third kappa shape index (κ3) is 5.65. The van der Waals surface area contributed by atoms with E-state index in [1.54, 1.807) is 19.2 Å². The van der Waals surface area contributed by atoms with Gasteiger partial charge in [0.2, 0.25) is 5.91 Å². The number of β-lactam (4-membered cyclic amide) rings is 1. The van der Waals surface area contributed by atoms with Gasteiger partial charge in [-0.15, -0.1) is 11.6 Å². The highest BCUT2D eigenvalue weighted by molar-refractivity contribution is 8.14. The Morgan fingerprint density at radius 2 is 1.29 bits per heavy atom. The van der Waals surface area contributed by atoms with E-state index in [1.807, 2.05) is 103 Å². The van der Waals surface area contributed by atoms with Crippen molar-refractivity contribution in [2.24, 2.45) is 0 Å². The average Bonchev–Trinajstić information content (AvgIpc) is 3.04. The zero-order valence-electron chi connectivity index (χ0n) is 23.1. The van der Waals surface area contributed by atoms with Crippen LogP contribution in [0.2, 0.25) is 0 Å². The molecular weight excluding hydrogens is 589 g/mol. The quantitative estimate of drug-likeness (QED) is 0.115. The van der Waals surface area contributed by atoms with Gasteiger partial charge in [0.15, 0.2) is 5.12 Å². The van der Waals surface area contributed by atoms with Crippen molar-refractivity contribution in [1.82, 2.24) is 4.90 Å². The highest BCUT2D eigenvalue weighted by Crippen LogP contribution is 2.50. The lowest BCUT2D eigenvalue weighted by atomic mass is 10.2. The molecule has 42 heavy (non-hydrogen) atoms. The van der Waals surface area contributed by atoms with Crippen LogP contribution in [-0.4, -0.2) is 45.2 Å². The van der Waals surface area contributed by atoms with Crippen LogP contribution in [0.3, 0.4) is 0 Å². The predicted octanol–water partition coefficient (Wildman–Crippen LogP) is 4.92. The molecule has 1 fully saturated rings. The lowest BCUT2D eigenvalue weighted by Gasteiger charge is -2.46. The number of carbonyl (C=O) groups is 3. The number of amides is 1. The number of alkyl halides is 1. The first-order valence-corrected chi connectivity index (χ1v) is 16.4. The van der Waals surface area contributed by atoms with Gasteiger partial charge >= 0.3 is 5.97 Å². The molecule has 0 saturated carbocycles. The highest BCUT2D eigenvalue weighted by atomic mass is 35.5. The summed E-state index contributed by atoms with van der Waals surface area (Å²) in [5, 5.41) is 0.629. The van der Waals surface area contributed by atoms with E-state index in [0.29, 0.717) is 5.75 Å². The Balaban J connectivity index is 1.82. The van der Waals surface area contributed by atoms with Gasteiger partial charge in [-0.2, -0.15) is 0 Å². The van der Waals surface area contributed by atoms with Crippen molar-refractivity contribution in [3.05, 3.63) is 121 Å². The minimum Gasteiger partial charge on any atom is -0.497 e. The molecule has 4 aromatic carbocycles. The fourth-order valence-corrected chi connectivity index (χ4v) is 10.7. The minimum absolute atomic E-state index is 0.0262. The maximum Gasteiger partial charge on any atom is 0.356 e. The zero-order chi connectivity index (χ0) is 29.7. The first-order chi connectivity index (χ1) is 20.4. The van der Waals surface area contributed by atoms with Crippen molar-refractivity contribution in [3.8, 4) is 5.75 Å². The molecule has 1 heterocycles. The Morgan fingerprint density at radius 3 is 1.71 bits per heavy atom. The number of ether oxygens (including phenoxy) is 2. The minimum atomic E-state index is -3.08. The second kappa shape index (κ2) is 13.0. The number of rotatable bonds is 9. The van der Waals surface area contributed by atoms with E-state index in [-0.39, 0.29) is 17.1 Å². The molecule has 0 N–H and O–H groups in total. The van der Waals surface area contributed by atoms with E-state index in [9.17, 15) is 14.4 Å². The second-order valence-corrected chi connectivity index (χ2v) is 14.6. The van der Waals surface area contributed by atoms with E-state index in [0.717, 1.165) is 33.2 Å². The monoisotopic (exact) mass is 617 g/mol. The Labute approximate surface area is 254 Å². The van der Waals surface area contributed by atoms with Gasteiger partial charge in [0.05, 0.1) is 7.11 Å². The summed E-state index contributed by atoms with van der Waals surface area (Å²) in [6.45, 7) is -1.68. The molecule has 1 aliphatic heterocycles. The van der Waals surface area contributed by atoms with Gasteiger partial charge in [-0.1, -0.05) is 115 Å². The molecule has 2 unspecified atom stereocenters. The van der Waals surface area contributed by atoms with Crippen LogP contribution in [0.4, 0.5) is 0 Å². The molecule has 5 rings (SSSR count). The van der Waals surface area contributed by atoms with Gasteiger partial charge < -0.3 is 9.47 Å². The van der Waals surface area contributed by atoms with Gasteiger partial charge in [0, 0.05) is 13.8 Å². The van der Waals surface area contributed by atoms with Crippen LogP contribution >= 0.6 is 30.2 Å². The van der Waals surface area contributed by atoms with E-state index < -0.39 is 29.5 Å². The topological polar surface area (TPSA) is 72.9 Å². The van der Waals surface area contributed by atoms with Gasteiger partial charge in [0.1, 0.15) is 28.5 Å². The van der Waals surface area contributed by atoms with Crippen LogP contribution in [0, 0.1) is 0 Å². The molecule has 0 spiro atoms. The number of hydrogen-bond donors (Lipinski definition) is 0. The van der Waals surface area contributed by atoms with Crippen molar-refractivity contribution in [1.29, 1.82) is 0 Å². The van der Waals surface area contributed by atoms with Gasteiger partial charge in [-0.3, -0.25) is 14.5 Å². The summed E-state index contributed by atoms with van der Waals surface area (Å²) in [4.78, 5) is 41.9. The number of carbonyl (C=O) groups excluding carboxylic acids is 3. The molecular formula is C33H29ClNO5PS. The number of thioether (sulfide) groups is 1. The van der Waals surface area contributed by atoms with Gasteiger partial charge in [-0.25, -0.2) is 4.79 Å². The molecule has 6 nitrogen and oxygen atoms in total. The molecule has 214 valence electrons. The maximum atomic E-state index is 14.5. The molecule has 2 atom stereocenters. The summed E-state index contributed by atoms with van der Waals surface area (Å²) >= 11 is 7.45. The number of methoxy groups -OCH3 is 1. The highest BCUT2D eigenvalue weighted by Gasteiger charge is 2.54. The van der Waals surface area contributed by atoms with E-state index in [4.69, 9.17) is 21.1 Å². The molecule has 1 amide bonds. The Hall–Kier alpha value is -3.77. The number of esters is 1. The van der Waals surface area contributed by atoms with Gasteiger partial charge in [-0.05, 0) is 33.6 Å². The second-order valence-electron chi connectivity index (χ2n) is 9.54. The molecule has 0 bridgehead atoms. The van der Waals surface area contributed by atoms with Crippen molar-refractivity contribution < 1.29 is 23.9 Å². The maximum absolute atomic E-state index is 14.5. The van der Waals surface area contributed by atoms with Crippen LogP contribution < -0.4 is 20.7 Å². The van der Waals surface area contributed by atoms with Crippen LogP contribution in [0.1, 0.15) is 12.5 Å². The van der Waals surface area contributed by atoms with Crippen LogP contribution in [0.5, 0.6) is 5.75 Å². The molecule has 1 saturated heterocycles. The Kier molecular flexibility index (Phi) is 9.22. The van der Waals surface area contributed by atoms with Crippen molar-refractivity contribution >= 4 is 68.6 Å². The van der Waals surface area contributed by atoms with Gasteiger partial charge in [0.25, 0.3) is 0 Å². The smallest absolute Gasteiger partial charge is 0.356 e. The summed E-state index contributed by atoms with van der Waals surface area (Å²) in [6, 6.07) is 36.3. The number of hydrogen-bond acceptors (Lipinski definition) is 6. The fraction of sp³-hybridized carbons (Fsp3) is 0.152. The van der Waals surface area contributed by atoms with Crippen LogP contribution in [-0.2, 0) is 25.7 Å². The third-order valence-corrected chi connectivity index (χ3v) is 12.8. The van der Waals surface area contributed by atoms with E-state index >= 15 is 0 Å². The van der Waals surface area contributed by atoms with E-state index in [2.05, 4.69) is 0 Å². The fourth-order valence-electron chi connectivity index (χ4n) is 5.04. The summed E-state index contributed by atoms with van der Waals surface area (Å²) in [7, 11) is 1.58. The molecule has 0 radical (unpaired) electrons. The number of halogens is 1. The van der Waals surface area contributed by atoms with Crippen molar-refractivity contribution in [2.75, 3.05) is 7.11 Å². The average molecular weight is 618 g/mol. The Morgan fingerprint density at radius 1 is 0.810 bits per heavy atom. The molecule has 9 heteroatoms. The van der Waals surface area contributed by atoms with Crippen molar-refractivity contribution in [2.45, 2.75) is 24.3 Å². The van der Waals surface area contributed by atoms with E-state index in [1.165, 1.54) is 11.8 Å². The summed E-state index contributed by atoms with van der Waals surface area (Å²) in [5.74, 6) is -0.413. The lowest BCUT2D eigenvalue weighted by Crippen LogP contribution is -2.65. The number of nitrogens with zero attached hydrogens (tertiary/aromatic N) is 1. The molecule has 1 aliphatic rings. The Bertz CT molecular complexity index is 1530. The third-order valence-electron chi connectivity index (χ3n) is 6.95. The first kappa shape index (κ1) is 29.7. The zero-order valence-corrected chi connectivity index (χ0v) is 25.5. The predicted molar refractivity (Wildman–Crippen MR) is 171 cm³/mol. The largest absolute Gasteiger partial charge is 0.497 e. The standard InChI is InChI=1S/C33H29ClNO5PS/c1-23(36)42-32-29(34)30(37)35(32)31(33(38)40-22-24-18-20-25(39-2)21-19-24)41(26-12-6-3-7-13-26,27-14-8-4-9-15-27)28-16-10-5-11-17-28/h3-21,29,32H,22H2,1-2H3. The SMILES string of the molecule is COc1ccc(COC(=O)C(N2C(=O)C(Cl)C2SC(C)=O)=P(c2ccccc2)(c2ccccc2)c2ccccc2)cc1. The summed E-state index contributed by atoms with van der Waals surface area (Å²) in [5.41, 5.74) is 0.937. The summed E-state index contributed by atoms with van der Waals surface area (Å²) < 4.78 is 11.3. The molecule has 4 aromatic rings. The van der Waals surface area contributed by atoms with Crippen LogP contribution in [0.15, 0.2) is 115 Å². The summed E-state index contributed by atoms with van der Waals surface area (Å²) in [6.07, 6.45) is 0. The lowest BCUT2D eigenvalue weighted by molar-refractivity contribution is -0.142. The number of likely N-dealkylation sites (tertiary alicyclic amines) is 1.